The molecule has 0 radical (unpaired) electrons. The number of H-pyrrole nitrogens is 1. The lowest BCUT2D eigenvalue weighted by Gasteiger charge is -2.37. The summed E-state index contributed by atoms with van der Waals surface area (Å²) in [5.41, 5.74) is 1.50. The van der Waals surface area contributed by atoms with Gasteiger partial charge >= 0.3 is 0 Å². The van der Waals surface area contributed by atoms with E-state index in [0.29, 0.717) is 35.1 Å². The molecule has 1 aliphatic carbocycles. The third kappa shape index (κ3) is 2.97. The Kier molecular flexibility index (Phi) is 4.34. The molecule has 5 nitrogen and oxygen atoms in total. The Morgan fingerprint density at radius 2 is 2.08 bits per heavy atom. The van der Waals surface area contributed by atoms with Gasteiger partial charge in [0.15, 0.2) is 0 Å². The molecule has 2 aromatic heterocycles. The summed E-state index contributed by atoms with van der Waals surface area (Å²) in [7, 11) is 2.15. The summed E-state index contributed by atoms with van der Waals surface area (Å²) in [4.78, 5) is 22.4. The van der Waals surface area contributed by atoms with E-state index < -0.39 is 0 Å². The van der Waals surface area contributed by atoms with Crippen molar-refractivity contribution in [2.75, 3.05) is 7.05 Å². The normalized spacial score (nSPS) is 21.4. The van der Waals surface area contributed by atoms with E-state index >= 15 is 0 Å². The zero-order valence-corrected chi connectivity index (χ0v) is 14.9. The average Bonchev–Trinajstić information content (AvgIpc) is 3.01. The molecule has 5 heteroatoms. The van der Waals surface area contributed by atoms with Crippen molar-refractivity contribution in [2.45, 2.75) is 51.6 Å². The molecule has 4 rings (SSSR count). The monoisotopic (exact) mass is 339 g/mol. The summed E-state index contributed by atoms with van der Waals surface area (Å²) in [6.07, 6.45) is 6.38. The summed E-state index contributed by atoms with van der Waals surface area (Å²) in [5.74, 6) is 1.45. The van der Waals surface area contributed by atoms with Crippen LogP contribution < -0.4 is 5.56 Å². The highest BCUT2D eigenvalue weighted by atomic mass is 16.3. The molecular weight excluding hydrogens is 314 g/mol. The van der Waals surface area contributed by atoms with Crippen LogP contribution in [0, 0.1) is 5.92 Å². The number of para-hydroxylation sites is 1. The molecule has 1 aliphatic rings. The smallest absolute Gasteiger partial charge is 0.294 e. The fraction of sp³-hybridized carbons (Fsp3) is 0.500. The maximum absolute atomic E-state index is 12.4. The molecule has 2 heterocycles. The van der Waals surface area contributed by atoms with Gasteiger partial charge in [-0.05, 0) is 37.9 Å². The number of hydrogen-bond donors (Lipinski definition) is 1. The number of rotatable bonds is 4. The molecule has 25 heavy (non-hydrogen) atoms. The summed E-state index contributed by atoms with van der Waals surface area (Å²) in [6.45, 7) is 2.94. The third-order valence-electron chi connectivity index (χ3n) is 5.64. The van der Waals surface area contributed by atoms with Crippen LogP contribution in [0.3, 0.4) is 0 Å². The first-order valence-electron chi connectivity index (χ1n) is 9.28. The van der Waals surface area contributed by atoms with Crippen LogP contribution in [0.25, 0.3) is 22.1 Å². The number of fused-ring (bicyclic) bond motifs is 3. The van der Waals surface area contributed by atoms with Crippen molar-refractivity contribution < 1.29 is 4.42 Å². The summed E-state index contributed by atoms with van der Waals surface area (Å²) in [5, 5.41) is 0.900. The van der Waals surface area contributed by atoms with Crippen molar-refractivity contribution in [1.29, 1.82) is 0 Å². The average molecular weight is 339 g/mol. The van der Waals surface area contributed by atoms with Crippen LogP contribution >= 0.6 is 0 Å². The molecular formula is C20H25N3O2. The predicted octanol–water partition coefficient (Wildman–Crippen LogP) is 4.07. The quantitative estimate of drug-likeness (QED) is 0.778. The minimum atomic E-state index is -0.194. The molecule has 0 spiro atoms. The van der Waals surface area contributed by atoms with Crippen LogP contribution in [0.15, 0.2) is 33.5 Å². The van der Waals surface area contributed by atoms with Crippen molar-refractivity contribution >= 4 is 22.1 Å². The first-order valence-corrected chi connectivity index (χ1v) is 9.28. The van der Waals surface area contributed by atoms with Gasteiger partial charge < -0.3 is 9.40 Å². The van der Waals surface area contributed by atoms with Crippen molar-refractivity contribution in [3.8, 4) is 0 Å². The summed E-state index contributed by atoms with van der Waals surface area (Å²) < 4.78 is 5.67. The van der Waals surface area contributed by atoms with Gasteiger partial charge in [-0.3, -0.25) is 9.69 Å². The van der Waals surface area contributed by atoms with E-state index in [0.717, 1.165) is 11.3 Å². The Hall–Kier alpha value is -2.14. The van der Waals surface area contributed by atoms with E-state index in [1.807, 2.05) is 24.3 Å². The van der Waals surface area contributed by atoms with E-state index in [1.165, 1.54) is 32.1 Å². The number of aromatic nitrogens is 2. The fourth-order valence-electron chi connectivity index (χ4n) is 4.32. The van der Waals surface area contributed by atoms with Gasteiger partial charge in [-0.2, -0.15) is 0 Å². The number of nitrogens with one attached hydrogen (secondary N) is 1. The van der Waals surface area contributed by atoms with E-state index in [1.54, 1.807) is 0 Å². The molecule has 1 aromatic carbocycles. The Morgan fingerprint density at radius 3 is 2.92 bits per heavy atom. The van der Waals surface area contributed by atoms with E-state index in [-0.39, 0.29) is 5.56 Å². The molecule has 0 aliphatic heterocycles. The minimum absolute atomic E-state index is 0.194. The number of benzene rings is 1. The standard InChI is InChI=1S/C20H25N3O2/c1-3-13-8-4-6-10-15(13)23(2)12-17-21-18-14-9-5-7-11-16(14)25-19(18)20(24)22-17/h5,7,9,11,13,15H,3-4,6,8,10,12H2,1-2H3,(H,21,22,24)/t13-,15-/m1/s1. The first kappa shape index (κ1) is 16.3. The van der Waals surface area contributed by atoms with Gasteiger partial charge in [0.1, 0.15) is 16.9 Å². The molecule has 132 valence electrons. The molecule has 2 atom stereocenters. The van der Waals surface area contributed by atoms with E-state index in [9.17, 15) is 4.79 Å². The molecule has 0 amide bonds. The number of hydrogen-bond acceptors (Lipinski definition) is 4. The third-order valence-corrected chi connectivity index (χ3v) is 5.64. The molecule has 1 N–H and O–H groups in total. The molecule has 1 fully saturated rings. The van der Waals surface area contributed by atoms with Gasteiger partial charge in [0, 0.05) is 11.4 Å². The Bertz CT molecular complexity index is 943. The maximum Gasteiger partial charge on any atom is 0.294 e. The zero-order chi connectivity index (χ0) is 17.4. The molecule has 3 aromatic rings. The van der Waals surface area contributed by atoms with Gasteiger partial charge in [-0.1, -0.05) is 38.3 Å². The highest BCUT2D eigenvalue weighted by Crippen LogP contribution is 2.31. The van der Waals surface area contributed by atoms with Crippen LogP contribution in [-0.4, -0.2) is 28.0 Å². The lowest BCUT2D eigenvalue weighted by molar-refractivity contribution is 0.118. The first-order chi connectivity index (χ1) is 12.2. The highest BCUT2D eigenvalue weighted by Gasteiger charge is 2.27. The van der Waals surface area contributed by atoms with Crippen molar-refractivity contribution in [3.63, 3.8) is 0 Å². The molecule has 1 saturated carbocycles. The molecule has 0 bridgehead atoms. The second-order valence-electron chi connectivity index (χ2n) is 7.22. The van der Waals surface area contributed by atoms with Crippen LogP contribution in [0.1, 0.15) is 44.9 Å². The summed E-state index contributed by atoms with van der Waals surface area (Å²) in [6, 6.07) is 8.24. The maximum atomic E-state index is 12.4. The van der Waals surface area contributed by atoms with Gasteiger partial charge in [0.25, 0.3) is 5.56 Å². The van der Waals surface area contributed by atoms with Crippen LogP contribution in [0.4, 0.5) is 0 Å². The fourth-order valence-corrected chi connectivity index (χ4v) is 4.32. The van der Waals surface area contributed by atoms with Gasteiger partial charge in [0.05, 0.1) is 6.54 Å². The van der Waals surface area contributed by atoms with Crippen molar-refractivity contribution in [3.05, 3.63) is 40.4 Å². The summed E-state index contributed by atoms with van der Waals surface area (Å²) >= 11 is 0. The Morgan fingerprint density at radius 1 is 1.28 bits per heavy atom. The SMILES string of the molecule is CC[C@@H]1CCCC[C@H]1N(C)Cc1nc2c(oc3ccccc32)c(=O)[nH]1. The second kappa shape index (κ2) is 6.64. The van der Waals surface area contributed by atoms with Gasteiger partial charge in [0.2, 0.25) is 5.58 Å². The second-order valence-corrected chi connectivity index (χ2v) is 7.22. The van der Waals surface area contributed by atoms with Crippen LogP contribution in [-0.2, 0) is 6.54 Å². The highest BCUT2D eigenvalue weighted by molar-refractivity contribution is 6.01. The largest absolute Gasteiger partial charge is 0.449 e. The van der Waals surface area contributed by atoms with Gasteiger partial charge in [-0.15, -0.1) is 0 Å². The van der Waals surface area contributed by atoms with Crippen molar-refractivity contribution in [1.82, 2.24) is 14.9 Å². The van der Waals surface area contributed by atoms with E-state index in [4.69, 9.17) is 9.40 Å². The number of aromatic amines is 1. The van der Waals surface area contributed by atoms with E-state index in [2.05, 4.69) is 23.9 Å². The van der Waals surface area contributed by atoms with Crippen LogP contribution in [0.2, 0.25) is 0 Å². The number of furan rings is 1. The Labute approximate surface area is 147 Å². The lowest BCUT2D eigenvalue weighted by atomic mass is 9.82. The minimum Gasteiger partial charge on any atom is -0.449 e. The lowest BCUT2D eigenvalue weighted by Crippen LogP contribution is -2.40. The van der Waals surface area contributed by atoms with Gasteiger partial charge in [-0.25, -0.2) is 4.98 Å². The Balaban J connectivity index is 1.67. The number of nitrogens with zero attached hydrogens (tertiary/aromatic N) is 2. The van der Waals surface area contributed by atoms with Crippen molar-refractivity contribution in [2.24, 2.45) is 5.92 Å². The zero-order valence-electron chi connectivity index (χ0n) is 14.9. The molecule has 0 unspecified atom stereocenters. The topological polar surface area (TPSA) is 62.1 Å². The molecule has 0 saturated heterocycles. The predicted molar refractivity (Wildman–Crippen MR) is 99.6 cm³/mol. The van der Waals surface area contributed by atoms with Crippen LogP contribution in [0.5, 0.6) is 0 Å².